The minimum absolute atomic E-state index is 0.175. The summed E-state index contributed by atoms with van der Waals surface area (Å²) in [6, 6.07) is 4.20. The van der Waals surface area contributed by atoms with E-state index >= 15 is 0 Å². The molecule has 0 fully saturated rings. The molecule has 2 rings (SSSR count). The molecule has 5 nitrogen and oxygen atoms in total. The zero-order valence-corrected chi connectivity index (χ0v) is 11.9. The van der Waals surface area contributed by atoms with E-state index in [9.17, 15) is 4.39 Å². The van der Waals surface area contributed by atoms with Crippen LogP contribution in [0.2, 0.25) is 5.02 Å². The molecule has 0 unspecified atom stereocenters. The van der Waals surface area contributed by atoms with E-state index in [0.717, 1.165) is 0 Å². The van der Waals surface area contributed by atoms with Crippen LogP contribution in [0.1, 0.15) is 13.8 Å². The van der Waals surface area contributed by atoms with Gasteiger partial charge in [0, 0.05) is 12.1 Å². The molecule has 1 heterocycles. The summed E-state index contributed by atoms with van der Waals surface area (Å²) in [5.41, 5.74) is 0.397. The Morgan fingerprint density at radius 2 is 2.05 bits per heavy atom. The maximum absolute atomic E-state index is 13.4. The maximum atomic E-state index is 13.4. The molecule has 0 amide bonds. The molecule has 1 N–H and O–H groups in total. The van der Waals surface area contributed by atoms with Crippen molar-refractivity contribution in [2.24, 2.45) is 0 Å². The van der Waals surface area contributed by atoms with Gasteiger partial charge in [-0.2, -0.15) is 15.0 Å². The molecule has 0 saturated heterocycles. The predicted octanol–water partition coefficient (Wildman–Crippen LogP) is 3.16. The maximum Gasteiger partial charge on any atom is 0.321 e. The van der Waals surface area contributed by atoms with Crippen molar-refractivity contribution in [3.63, 3.8) is 0 Å². The van der Waals surface area contributed by atoms with Crippen molar-refractivity contribution in [1.29, 1.82) is 0 Å². The lowest BCUT2D eigenvalue weighted by Gasteiger charge is -2.09. The first kappa shape index (κ1) is 14.5. The summed E-state index contributed by atoms with van der Waals surface area (Å²) < 4.78 is 18.6. The number of hydrogen-bond donors (Lipinski definition) is 1. The molecule has 0 aliphatic rings. The van der Waals surface area contributed by atoms with Crippen molar-refractivity contribution >= 4 is 17.5 Å². The quantitative estimate of drug-likeness (QED) is 0.918. The number of benzene rings is 1. The summed E-state index contributed by atoms with van der Waals surface area (Å²) in [6.07, 6.45) is 0. The van der Waals surface area contributed by atoms with Crippen molar-refractivity contribution < 1.29 is 9.13 Å². The van der Waals surface area contributed by atoms with Crippen molar-refractivity contribution in [2.45, 2.75) is 13.8 Å². The van der Waals surface area contributed by atoms with E-state index in [2.05, 4.69) is 20.3 Å². The highest BCUT2D eigenvalue weighted by atomic mass is 35.5. The van der Waals surface area contributed by atoms with Gasteiger partial charge in [-0.3, -0.25) is 0 Å². The van der Waals surface area contributed by atoms with Gasteiger partial charge in [0.1, 0.15) is 5.82 Å². The van der Waals surface area contributed by atoms with Crippen LogP contribution in [0.25, 0.3) is 11.4 Å². The third-order valence-corrected chi connectivity index (χ3v) is 2.72. The average molecular weight is 297 g/mol. The summed E-state index contributed by atoms with van der Waals surface area (Å²) in [4.78, 5) is 12.5. The minimum atomic E-state index is -0.409. The van der Waals surface area contributed by atoms with Crippen molar-refractivity contribution in [3.8, 4) is 17.4 Å². The fourth-order valence-electron chi connectivity index (χ4n) is 1.58. The van der Waals surface area contributed by atoms with E-state index in [1.807, 2.05) is 13.8 Å². The van der Waals surface area contributed by atoms with Crippen LogP contribution < -0.4 is 10.1 Å². The molecule has 0 bridgehead atoms. The average Bonchev–Trinajstić information content (AvgIpc) is 2.42. The first-order chi connectivity index (χ1) is 9.63. The normalized spacial score (nSPS) is 10.4. The topological polar surface area (TPSA) is 59.9 Å². The Balaban J connectivity index is 2.51. The Bertz CT molecular complexity index is 585. The number of halogens is 2. The SMILES string of the molecule is CCNc1nc(OCC)nc(-c2cc(F)ccc2Cl)n1. The van der Waals surface area contributed by atoms with Crippen LogP contribution in [0.5, 0.6) is 6.01 Å². The molecule has 1 aromatic carbocycles. The number of nitrogens with zero attached hydrogens (tertiary/aromatic N) is 3. The number of anilines is 1. The molecule has 0 atom stereocenters. The standard InChI is InChI=1S/C13H14ClFN4O/c1-3-16-12-17-11(18-13(19-12)20-4-2)9-7-8(15)5-6-10(9)14/h5-7H,3-4H2,1-2H3,(H,16,17,18,19). The summed E-state index contributed by atoms with van der Waals surface area (Å²) in [5.74, 6) is 0.220. The smallest absolute Gasteiger partial charge is 0.321 e. The monoisotopic (exact) mass is 296 g/mol. The fraction of sp³-hybridized carbons (Fsp3) is 0.308. The van der Waals surface area contributed by atoms with Gasteiger partial charge < -0.3 is 10.1 Å². The van der Waals surface area contributed by atoms with E-state index in [1.54, 1.807) is 0 Å². The highest BCUT2D eigenvalue weighted by Crippen LogP contribution is 2.27. The molecular weight excluding hydrogens is 283 g/mol. The van der Waals surface area contributed by atoms with E-state index in [-0.39, 0.29) is 11.8 Å². The summed E-state index contributed by atoms with van der Waals surface area (Å²) in [7, 11) is 0. The van der Waals surface area contributed by atoms with Crippen LogP contribution in [0.4, 0.5) is 10.3 Å². The van der Waals surface area contributed by atoms with Gasteiger partial charge in [-0.05, 0) is 32.0 Å². The van der Waals surface area contributed by atoms with E-state index < -0.39 is 5.82 Å². The third-order valence-electron chi connectivity index (χ3n) is 2.39. The fourth-order valence-corrected chi connectivity index (χ4v) is 1.78. The summed E-state index contributed by atoms with van der Waals surface area (Å²) in [6.45, 7) is 4.81. The predicted molar refractivity (Wildman–Crippen MR) is 75.6 cm³/mol. The lowest BCUT2D eigenvalue weighted by molar-refractivity contribution is 0.312. The van der Waals surface area contributed by atoms with Gasteiger partial charge in [0.05, 0.1) is 11.6 Å². The highest BCUT2D eigenvalue weighted by molar-refractivity contribution is 6.33. The molecule has 20 heavy (non-hydrogen) atoms. The lowest BCUT2D eigenvalue weighted by Crippen LogP contribution is -2.07. The zero-order valence-electron chi connectivity index (χ0n) is 11.2. The molecule has 0 aliphatic heterocycles. The lowest BCUT2D eigenvalue weighted by atomic mass is 10.2. The zero-order chi connectivity index (χ0) is 14.5. The van der Waals surface area contributed by atoms with E-state index in [1.165, 1.54) is 18.2 Å². The molecule has 1 aromatic heterocycles. The summed E-state index contributed by atoms with van der Waals surface area (Å²) >= 11 is 6.06. The molecule has 0 radical (unpaired) electrons. The molecule has 106 valence electrons. The van der Waals surface area contributed by atoms with Gasteiger partial charge in [-0.15, -0.1) is 0 Å². The van der Waals surface area contributed by atoms with Gasteiger partial charge in [0.2, 0.25) is 5.95 Å². The van der Waals surface area contributed by atoms with Gasteiger partial charge >= 0.3 is 6.01 Å². The van der Waals surface area contributed by atoms with Crippen molar-refractivity contribution in [1.82, 2.24) is 15.0 Å². The number of ether oxygens (including phenoxy) is 1. The van der Waals surface area contributed by atoms with Gasteiger partial charge in [0.15, 0.2) is 5.82 Å². The second kappa shape index (κ2) is 6.47. The largest absolute Gasteiger partial charge is 0.464 e. The van der Waals surface area contributed by atoms with Gasteiger partial charge in [-0.25, -0.2) is 4.39 Å². The second-order valence-corrected chi connectivity index (χ2v) is 4.26. The Kier molecular flexibility index (Phi) is 4.68. The number of aromatic nitrogens is 3. The molecule has 0 aliphatic carbocycles. The van der Waals surface area contributed by atoms with Crippen LogP contribution in [0, 0.1) is 5.82 Å². The Hall–Kier alpha value is -1.95. The van der Waals surface area contributed by atoms with Crippen LogP contribution in [-0.2, 0) is 0 Å². The molecule has 0 spiro atoms. The molecule has 0 saturated carbocycles. The van der Waals surface area contributed by atoms with E-state index in [0.29, 0.717) is 29.7 Å². The Morgan fingerprint density at radius 3 is 2.75 bits per heavy atom. The first-order valence-corrected chi connectivity index (χ1v) is 6.60. The Morgan fingerprint density at radius 1 is 1.25 bits per heavy atom. The molecule has 2 aromatic rings. The van der Waals surface area contributed by atoms with Crippen molar-refractivity contribution in [2.75, 3.05) is 18.5 Å². The Labute approximate surface area is 121 Å². The molecular formula is C13H14ClFN4O. The van der Waals surface area contributed by atoms with Crippen molar-refractivity contribution in [3.05, 3.63) is 29.0 Å². The number of nitrogens with one attached hydrogen (secondary N) is 1. The van der Waals surface area contributed by atoms with Crippen LogP contribution in [0.15, 0.2) is 18.2 Å². The second-order valence-electron chi connectivity index (χ2n) is 3.85. The number of hydrogen-bond acceptors (Lipinski definition) is 5. The minimum Gasteiger partial charge on any atom is -0.464 e. The summed E-state index contributed by atoms with van der Waals surface area (Å²) in [5, 5.41) is 3.33. The van der Waals surface area contributed by atoms with Crippen LogP contribution >= 0.6 is 11.6 Å². The third kappa shape index (κ3) is 3.33. The van der Waals surface area contributed by atoms with Gasteiger partial charge in [0.25, 0.3) is 0 Å². The molecule has 7 heteroatoms. The first-order valence-electron chi connectivity index (χ1n) is 6.22. The van der Waals surface area contributed by atoms with Gasteiger partial charge in [-0.1, -0.05) is 11.6 Å². The van der Waals surface area contributed by atoms with E-state index in [4.69, 9.17) is 16.3 Å². The van der Waals surface area contributed by atoms with Crippen LogP contribution in [0.3, 0.4) is 0 Å². The van der Waals surface area contributed by atoms with Crippen LogP contribution in [-0.4, -0.2) is 28.1 Å². The highest BCUT2D eigenvalue weighted by Gasteiger charge is 2.12. The number of rotatable bonds is 5.